The zero-order valence-electron chi connectivity index (χ0n) is 14.3. The number of alkyl halides is 3. The topological polar surface area (TPSA) is 79.8 Å². The van der Waals surface area contributed by atoms with Crippen molar-refractivity contribution in [3.05, 3.63) is 58.4 Å². The fourth-order valence-electron chi connectivity index (χ4n) is 2.28. The number of nitrogens with zero attached hydrogens (tertiary/aromatic N) is 3. The van der Waals surface area contributed by atoms with E-state index in [0.29, 0.717) is 11.1 Å². The molecule has 0 atom stereocenters. The van der Waals surface area contributed by atoms with Gasteiger partial charge in [-0.25, -0.2) is 15.0 Å². The highest BCUT2D eigenvalue weighted by Crippen LogP contribution is 2.30. The number of aromatic nitrogens is 3. The second kappa shape index (κ2) is 7.31. The zero-order chi connectivity index (χ0) is 19.6. The van der Waals surface area contributed by atoms with Crippen LogP contribution in [0.25, 0.3) is 0 Å². The standard InChI is InChI=1S/C17H14F3N5OS/c1-9-6-10(2)22-15(21-9)25-16-24-13(8-27-16)14(26)23-12-5-3-4-11(7-12)17(18,19)20/h3-8H,1-2H3,(H,23,26)(H,21,22,24,25). The summed E-state index contributed by atoms with van der Waals surface area (Å²) in [6.45, 7) is 3.66. The first-order chi connectivity index (χ1) is 12.7. The predicted octanol–water partition coefficient (Wildman–Crippen LogP) is 4.56. The molecule has 0 aliphatic rings. The number of aryl methyl sites for hydroxylation is 2. The fraction of sp³-hybridized carbons (Fsp3) is 0.176. The van der Waals surface area contributed by atoms with E-state index < -0.39 is 17.6 Å². The molecule has 6 nitrogen and oxygen atoms in total. The maximum atomic E-state index is 12.8. The van der Waals surface area contributed by atoms with Crippen LogP contribution in [0.2, 0.25) is 0 Å². The number of halogens is 3. The lowest BCUT2D eigenvalue weighted by molar-refractivity contribution is -0.137. The second-order valence-corrected chi connectivity index (χ2v) is 6.53. The lowest BCUT2D eigenvalue weighted by Gasteiger charge is -2.09. The van der Waals surface area contributed by atoms with Gasteiger partial charge < -0.3 is 10.6 Å². The van der Waals surface area contributed by atoms with Crippen molar-refractivity contribution in [3.63, 3.8) is 0 Å². The molecule has 2 aromatic heterocycles. The fourth-order valence-corrected chi connectivity index (χ4v) is 2.97. The van der Waals surface area contributed by atoms with E-state index in [9.17, 15) is 18.0 Å². The Hall–Kier alpha value is -3.01. The number of benzene rings is 1. The number of carbonyl (C=O) groups is 1. The molecule has 0 unspecified atom stereocenters. The number of rotatable bonds is 4. The number of carbonyl (C=O) groups excluding carboxylic acids is 1. The summed E-state index contributed by atoms with van der Waals surface area (Å²) in [4.78, 5) is 24.8. The molecule has 3 rings (SSSR count). The molecular weight excluding hydrogens is 379 g/mol. The molecule has 3 aromatic rings. The van der Waals surface area contributed by atoms with Crippen molar-refractivity contribution in [1.82, 2.24) is 15.0 Å². The van der Waals surface area contributed by atoms with Crippen molar-refractivity contribution in [1.29, 1.82) is 0 Å². The molecular formula is C17H14F3N5OS. The number of hydrogen-bond donors (Lipinski definition) is 2. The minimum Gasteiger partial charge on any atom is -0.321 e. The minimum atomic E-state index is -4.48. The first kappa shape index (κ1) is 18.8. The Kier molecular flexibility index (Phi) is 5.08. The largest absolute Gasteiger partial charge is 0.416 e. The smallest absolute Gasteiger partial charge is 0.321 e. The number of nitrogens with one attached hydrogen (secondary N) is 2. The van der Waals surface area contributed by atoms with E-state index in [1.54, 1.807) is 0 Å². The van der Waals surface area contributed by atoms with E-state index in [0.717, 1.165) is 34.9 Å². The first-order valence-corrected chi connectivity index (χ1v) is 8.62. The lowest BCUT2D eigenvalue weighted by atomic mass is 10.2. The van der Waals surface area contributed by atoms with Crippen LogP contribution in [0.5, 0.6) is 0 Å². The number of anilines is 3. The van der Waals surface area contributed by atoms with Crippen LogP contribution in [0.4, 0.5) is 29.9 Å². The van der Waals surface area contributed by atoms with E-state index in [1.807, 2.05) is 19.9 Å². The number of hydrogen-bond acceptors (Lipinski definition) is 6. The molecule has 1 aromatic carbocycles. The Morgan fingerprint density at radius 2 is 1.78 bits per heavy atom. The van der Waals surface area contributed by atoms with Gasteiger partial charge in [0.2, 0.25) is 5.95 Å². The van der Waals surface area contributed by atoms with Gasteiger partial charge >= 0.3 is 6.18 Å². The molecule has 0 saturated heterocycles. The molecule has 2 heterocycles. The summed E-state index contributed by atoms with van der Waals surface area (Å²) in [6.07, 6.45) is -4.48. The van der Waals surface area contributed by atoms with Crippen LogP contribution < -0.4 is 10.6 Å². The Labute approximate surface area is 156 Å². The van der Waals surface area contributed by atoms with Crippen molar-refractivity contribution in [3.8, 4) is 0 Å². The molecule has 27 heavy (non-hydrogen) atoms. The van der Waals surface area contributed by atoms with Gasteiger partial charge in [-0.05, 0) is 38.1 Å². The average molecular weight is 393 g/mol. The summed E-state index contributed by atoms with van der Waals surface area (Å²) in [7, 11) is 0. The quantitative estimate of drug-likeness (QED) is 0.679. The molecule has 2 N–H and O–H groups in total. The Morgan fingerprint density at radius 1 is 1.07 bits per heavy atom. The average Bonchev–Trinajstić information content (AvgIpc) is 3.02. The van der Waals surface area contributed by atoms with Crippen LogP contribution in [-0.4, -0.2) is 20.9 Å². The molecule has 0 spiro atoms. The highest BCUT2D eigenvalue weighted by atomic mass is 32.1. The van der Waals surface area contributed by atoms with Crippen molar-refractivity contribution >= 4 is 34.0 Å². The van der Waals surface area contributed by atoms with Gasteiger partial charge in [0.1, 0.15) is 5.69 Å². The van der Waals surface area contributed by atoms with Gasteiger partial charge in [-0.1, -0.05) is 6.07 Å². The summed E-state index contributed by atoms with van der Waals surface area (Å²) >= 11 is 1.16. The zero-order valence-corrected chi connectivity index (χ0v) is 15.1. The molecule has 0 saturated carbocycles. The third kappa shape index (κ3) is 4.79. The minimum absolute atomic E-state index is 0.0370. The maximum absolute atomic E-state index is 12.8. The molecule has 1 amide bonds. The van der Waals surface area contributed by atoms with Crippen LogP contribution in [0.1, 0.15) is 27.4 Å². The monoisotopic (exact) mass is 393 g/mol. The van der Waals surface area contributed by atoms with Crippen LogP contribution >= 0.6 is 11.3 Å². The van der Waals surface area contributed by atoms with Gasteiger partial charge in [-0.15, -0.1) is 11.3 Å². The molecule has 0 bridgehead atoms. The van der Waals surface area contributed by atoms with Crippen LogP contribution in [0.3, 0.4) is 0 Å². The van der Waals surface area contributed by atoms with E-state index in [4.69, 9.17) is 0 Å². The van der Waals surface area contributed by atoms with Gasteiger partial charge in [-0.2, -0.15) is 13.2 Å². The highest BCUT2D eigenvalue weighted by Gasteiger charge is 2.30. The van der Waals surface area contributed by atoms with E-state index in [-0.39, 0.29) is 11.4 Å². The van der Waals surface area contributed by atoms with Crippen molar-refractivity contribution in [2.45, 2.75) is 20.0 Å². The van der Waals surface area contributed by atoms with Gasteiger partial charge in [-0.3, -0.25) is 4.79 Å². The molecule has 0 aliphatic heterocycles. The van der Waals surface area contributed by atoms with Crippen LogP contribution in [0, 0.1) is 13.8 Å². The highest BCUT2D eigenvalue weighted by molar-refractivity contribution is 7.14. The number of amides is 1. The SMILES string of the molecule is Cc1cc(C)nc(Nc2nc(C(=O)Nc3cccc(C(F)(F)F)c3)cs2)n1. The van der Waals surface area contributed by atoms with Crippen LogP contribution in [0.15, 0.2) is 35.7 Å². The third-order valence-electron chi connectivity index (χ3n) is 3.39. The molecule has 0 aliphatic carbocycles. The van der Waals surface area contributed by atoms with Crippen LogP contribution in [-0.2, 0) is 6.18 Å². The summed E-state index contributed by atoms with van der Waals surface area (Å²) in [6, 6.07) is 6.23. The maximum Gasteiger partial charge on any atom is 0.416 e. The Morgan fingerprint density at radius 3 is 2.44 bits per heavy atom. The van der Waals surface area contributed by atoms with E-state index >= 15 is 0 Å². The Balaban J connectivity index is 1.72. The number of thiazole rings is 1. The van der Waals surface area contributed by atoms with Crippen molar-refractivity contribution in [2.24, 2.45) is 0 Å². The first-order valence-electron chi connectivity index (χ1n) is 7.74. The molecule has 0 fully saturated rings. The van der Waals surface area contributed by atoms with Gasteiger partial charge in [0, 0.05) is 22.5 Å². The normalized spacial score (nSPS) is 11.3. The summed E-state index contributed by atoms with van der Waals surface area (Å²) in [5, 5.41) is 7.21. The second-order valence-electron chi connectivity index (χ2n) is 5.67. The molecule has 140 valence electrons. The third-order valence-corrected chi connectivity index (χ3v) is 4.14. The summed E-state index contributed by atoms with van der Waals surface area (Å²) in [5.74, 6) is -0.258. The lowest BCUT2D eigenvalue weighted by Crippen LogP contribution is -2.13. The van der Waals surface area contributed by atoms with E-state index in [2.05, 4.69) is 25.6 Å². The van der Waals surface area contributed by atoms with Gasteiger partial charge in [0.15, 0.2) is 5.13 Å². The summed E-state index contributed by atoms with van der Waals surface area (Å²) in [5.41, 5.74) is 0.834. The predicted molar refractivity (Wildman–Crippen MR) is 96.3 cm³/mol. The summed E-state index contributed by atoms with van der Waals surface area (Å²) < 4.78 is 38.3. The van der Waals surface area contributed by atoms with E-state index in [1.165, 1.54) is 17.5 Å². The van der Waals surface area contributed by atoms with Gasteiger partial charge in [0.05, 0.1) is 5.56 Å². The van der Waals surface area contributed by atoms with Crippen molar-refractivity contribution < 1.29 is 18.0 Å². The van der Waals surface area contributed by atoms with Crippen molar-refractivity contribution in [2.75, 3.05) is 10.6 Å². The molecule has 10 heteroatoms. The Bertz CT molecular complexity index is 966. The molecule has 0 radical (unpaired) electrons. The van der Waals surface area contributed by atoms with Gasteiger partial charge in [0.25, 0.3) is 5.91 Å².